The summed E-state index contributed by atoms with van der Waals surface area (Å²) in [5.74, 6) is 0.495. The highest BCUT2D eigenvalue weighted by atomic mass is 16.6. The summed E-state index contributed by atoms with van der Waals surface area (Å²) >= 11 is 0. The third-order valence-electron chi connectivity index (χ3n) is 2.54. The van der Waals surface area contributed by atoms with Crippen LogP contribution in [0.25, 0.3) is 0 Å². The van der Waals surface area contributed by atoms with Gasteiger partial charge in [0.15, 0.2) is 0 Å². The molecule has 0 saturated carbocycles. The largest absolute Gasteiger partial charge is 0.460 e. The average Bonchev–Trinajstić information content (AvgIpc) is 2.11. The minimum atomic E-state index is -0.403. The highest BCUT2D eigenvalue weighted by molar-refractivity contribution is 5.69. The lowest BCUT2D eigenvalue weighted by Gasteiger charge is -2.26. The van der Waals surface area contributed by atoms with E-state index in [2.05, 4.69) is 13.8 Å². The maximum Gasteiger partial charge on any atom is 0.306 e. The highest BCUT2D eigenvalue weighted by Gasteiger charge is 2.22. The Morgan fingerprint density at radius 3 is 2.11 bits per heavy atom. The van der Waals surface area contributed by atoms with Gasteiger partial charge in [-0.15, -0.1) is 0 Å². The number of ether oxygens (including phenoxy) is 2. The Hall–Kier alpha value is -0.570. The minimum Gasteiger partial charge on any atom is -0.460 e. The molecule has 0 unspecified atom stereocenters. The van der Waals surface area contributed by atoms with Crippen molar-refractivity contribution in [2.24, 2.45) is 5.92 Å². The molecule has 0 N–H and O–H groups in total. The first kappa shape index (κ1) is 17.4. The standard InChI is InChI=1S/C15H30O3/c1-12(2)9-11-17-15(6,7)10-8-13(16)18-14(3,4)5/h12H,8-11H2,1-7H3. The van der Waals surface area contributed by atoms with Crippen molar-refractivity contribution in [3.8, 4) is 0 Å². The number of esters is 1. The normalized spacial score (nSPS) is 12.9. The van der Waals surface area contributed by atoms with Gasteiger partial charge >= 0.3 is 5.97 Å². The summed E-state index contributed by atoms with van der Waals surface area (Å²) in [7, 11) is 0. The van der Waals surface area contributed by atoms with E-state index in [1.54, 1.807) is 0 Å². The van der Waals surface area contributed by atoms with Crippen molar-refractivity contribution in [1.29, 1.82) is 0 Å². The molecule has 108 valence electrons. The highest BCUT2D eigenvalue weighted by Crippen LogP contribution is 2.19. The molecular formula is C15H30O3. The van der Waals surface area contributed by atoms with E-state index in [1.165, 1.54) is 0 Å². The van der Waals surface area contributed by atoms with Gasteiger partial charge in [-0.25, -0.2) is 0 Å². The fourth-order valence-electron chi connectivity index (χ4n) is 1.44. The summed E-state index contributed by atoms with van der Waals surface area (Å²) in [5, 5.41) is 0. The molecule has 18 heavy (non-hydrogen) atoms. The fourth-order valence-corrected chi connectivity index (χ4v) is 1.44. The van der Waals surface area contributed by atoms with Gasteiger partial charge in [0.1, 0.15) is 5.60 Å². The van der Waals surface area contributed by atoms with Crippen molar-refractivity contribution in [3.05, 3.63) is 0 Å². The summed E-state index contributed by atoms with van der Waals surface area (Å²) < 4.78 is 11.1. The quantitative estimate of drug-likeness (QED) is 0.649. The Bertz CT molecular complexity index is 249. The smallest absolute Gasteiger partial charge is 0.306 e. The first-order valence-electron chi connectivity index (χ1n) is 6.88. The number of hydrogen-bond donors (Lipinski definition) is 0. The Labute approximate surface area is 112 Å². The van der Waals surface area contributed by atoms with Crippen molar-refractivity contribution in [3.63, 3.8) is 0 Å². The van der Waals surface area contributed by atoms with Gasteiger partial charge in [-0.05, 0) is 53.4 Å². The molecule has 0 atom stereocenters. The summed E-state index contributed by atoms with van der Waals surface area (Å²) in [6, 6.07) is 0. The predicted octanol–water partition coefficient (Wildman–Crippen LogP) is 3.95. The van der Waals surface area contributed by atoms with Gasteiger partial charge in [0.25, 0.3) is 0 Å². The van der Waals surface area contributed by atoms with E-state index in [0.29, 0.717) is 18.8 Å². The van der Waals surface area contributed by atoms with E-state index in [9.17, 15) is 4.79 Å². The van der Waals surface area contributed by atoms with Crippen LogP contribution in [0.2, 0.25) is 0 Å². The molecule has 0 saturated heterocycles. The van der Waals surface area contributed by atoms with Crippen LogP contribution in [0.15, 0.2) is 0 Å². The van der Waals surface area contributed by atoms with Gasteiger partial charge in [0.2, 0.25) is 0 Å². The SMILES string of the molecule is CC(C)CCOC(C)(C)CCC(=O)OC(C)(C)C. The third kappa shape index (κ3) is 10.6. The Kier molecular flexibility index (Phi) is 6.90. The average molecular weight is 258 g/mol. The van der Waals surface area contributed by atoms with E-state index in [1.807, 2.05) is 34.6 Å². The van der Waals surface area contributed by atoms with Crippen molar-refractivity contribution < 1.29 is 14.3 Å². The molecule has 0 aromatic heterocycles. The van der Waals surface area contributed by atoms with Crippen molar-refractivity contribution in [1.82, 2.24) is 0 Å². The third-order valence-corrected chi connectivity index (χ3v) is 2.54. The molecule has 0 aliphatic heterocycles. The second-order valence-corrected chi connectivity index (χ2v) is 6.88. The van der Waals surface area contributed by atoms with Crippen LogP contribution in [0, 0.1) is 5.92 Å². The van der Waals surface area contributed by atoms with Gasteiger partial charge < -0.3 is 9.47 Å². The zero-order valence-electron chi connectivity index (χ0n) is 13.1. The molecule has 0 fully saturated rings. The number of carbonyl (C=O) groups excluding carboxylic acids is 1. The van der Waals surface area contributed by atoms with Crippen LogP contribution in [-0.4, -0.2) is 23.8 Å². The van der Waals surface area contributed by atoms with Gasteiger partial charge in [0, 0.05) is 13.0 Å². The first-order chi connectivity index (χ1) is 8.02. The van der Waals surface area contributed by atoms with Crippen molar-refractivity contribution in [2.45, 2.75) is 78.9 Å². The zero-order valence-corrected chi connectivity index (χ0v) is 13.1. The summed E-state index contributed by atoms with van der Waals surface area (Å²) in [5.41, 5.74) is -0.661. The second kappa shape index (κ2) is 7.13. The molecule has 0 rings (SSSR count). The predicted molar refractivity (Wildman–Crippen MR) is 74.6 cm³/mol. The first-order valence-corrected chi connectivity index (χ1v) is 6.88. The lowest BCUT2D eigenvalue weighted by molar-refractivity contribution is -0.156. The number of hydrogen-bond acceptors (Lipinski definition) is 3. The Morgan fingerprint density at radius 2 is 1.67 bits per heavy atom. The molecule has 3 nitrogen and oxygen atoms in total. The molecule has 0 heterocycles. The van der Waals surface area contributed by atoms with Crippen molar-refractivity contribution in [2.75, 3.05) is 6.61 Å². The molecule has 0 bridgehead atoms. The molecule has 0 aromatic carbocycles. The number of carbonyl (C=O) groups is 1. The monoisotopic (exact) mass is 258 g/mol. The summed E-state index contributed by atoms with van der Waals surface area (Å²) in [4.78, 5) is 11.6. The van der Waals surface area contributed by atoms with E-state index < -0.39 is 5.60 Å². The van der Waals surface area contributed by atoms with Gasteiger partial charge in [-0.2, -0.15) is 0 Å². The molecule has 0 aliphatic rings. The van der Waals surface area contributed by atoms with Crippen LogP contribution in [0.4, 0.5) is 0 Å². The van der Waals surface area contributed by atoms with E-state index in [0.717, 1.165) is 13.0 Å². The van der Waals surface area contributed by atoms with Crippen LogP contribution in [0.1, 0.15) is 67.7 Å². The molecule has 0 amide bonds. The Morgan fingerprint density at radius 1 is 1.11 bits per heavy atom. The summed E-state index contributed by atoms with van der Waals surface area (Å²) in [6.07, 6.45) is 2.15. The van der Waals surface area contributed by atoms with Gasteiger partial charge in [0.05, 0.1) is 5.60 Å². The zero-order chi connectivity index (χ0) is 14.4. The molecule has 0 aliphatic carbocycles. The second-order valence-electron chi connectivity index (χ2n) is 6.88. The Balaban J connectivity index is 3.92. The van der Waals surface area contributed by atoms with Crippen LogP contribution < -0.4 is 0 Å². The van der Waals surface area contributed by atoms with E-state index in [4.69, 9.17) is 9.47 Å². The molecule has 0 aromatic rings. The maximum atomic E-state index is 11.6. The molecule has 0 radical (unpaired) electrons. The summed E-state index contributed by atoms with van der Waals surface area (Å²) in [6.45, 7) is 14.8. The van der Waals surface area contributed by atoms with E-state index >= 15 is 0 Å². The van der Waals surface area contributed by atoms with Crippen molar-refractivity contribution >= 4 is 5.97 Å². The lowest BCUT2D eigenvalue weighted by atomic mass is 10.0. The maximum absolute atomic E-state index is 11.6. The van der Waals surface area contributed by atoms with Crippen LogP contribution in [0.5, 0.6) is 0 Å². The molecular weight excluding hydrogens is 228 g/mol. The lowest BCUT2D eigenvalue weighted by Crippen LogP contribution is -2.29. The molecule has 0 spiro atoms. The van der Waals surface area contributed by atoms with Crippen LogP contribution in [-0.2, 0) is 14.3 Å². The topological polar surface area (TPSA) is 35.5 Å². The minimum absolute atomic E-state index is 0.150. The van der Waals surface area contributed by atoms with Crippen LogP contribution >= 0.6 is 0 Å². The molecule has 3 heteroatoms. The van der Waals surface area contributed by atoms with E-state index in [-0.39, 0.29) is 11.6 Å². The van der Waals surface area contributed by atoms with Gasteiger partial charge in [-0.1, -0.05) is 13.8 Å². The number of rotatable bonds is 7. The fraction of sp³-hybridized carbons (Fsp3) is 0.933. The van der Waals surface area contributed by atoms with Gasteiger partial charge in [-0.3, -0.25) is 4.79 Å². The van der Waals surface area contributed by atoms with Crippen LogP contribution in [0.3, 0.4) is 0 Å².